The number of allylic oxidation sites excluding steroid dienone is 12. The number of aromatic nitrogens is 1. The van der Waals surface area contributed by atoms with Crippen LogP contribution in [0.5, 0.6) is 0 Å². The SMILES string of the molecule is CCC=CCC=CCC=CCC=CCC=CCC=CCCC(=O)OC(C)C(NC(=O)c1cccnc1)C(=O)OC. The zero-order chi connectivity index (χ0) is 29.3. The summed E-state index contributed by atoms with van der Waals surface area (Å²) in [5.41, 5.74) is 0.285. The van der Waals surface area contributed by atoms with Crippen LogP contribution in [0.3, 0.4) is 0 Å². The van der Waals surface area contributed by atoms with Crippen LogP contribution in [-0.4, -0.2) is 42.1 Å². The number of nitrogens with zero attached hydrogens (tertiary/aromatic N) is 1. The van der Waals surface area contributed by atoms with Gasteiger partial charge in [-0.25, -0.2) is 4.79 Å². The Balaban J connectivity index is 2.24. The molecular weight excluding hydrogens is 504 g/mol. The molecule has 0 fully saturated rings. The third-order valence-corrected chi connectivity index (χ3v) is 5.56. The standard InChI is InChI=1S/C33H44N2O5/c1-4-5-6-7-8-9-10-11-12-13-14-15-16-17-18-19-20-21-22-25-30(36)40-28(2)31(33(38)39-3)35-32(37)29-24-23-26-34-27-29/h5-6,8-9,11-12,14-15,17-18,20-21,23-24,26-28,31H,4,7,10,13,16,19,22,25H2,1-3H3,(H,35,37). The molecule has 0 aliphatic rings. The molecule has 0 aliphatic carbocycles. The number of nitrogens with one attached hydrogen (secondary N) is 1. The lowest BCUT2D eigenvalue weighted by Crippen LogP contribution is -2.49. The van der Waals surface area contributed by atoms with Crippen molar-refractivity contribution in [2.45, 2.75) is 77.4 Å². The number of esters is 2. The maximum absolute atomic E-state index is 12.4. The van der Waals surface area contributed by atoms with Gasteiger partial charge >= 0.3 is 11.9 Å². The van der Waals surface area contributed by atoms with Crippen LogP contribution in [0.25, 0.3) is 0 Å². The molecule has 0 spiro atoms. The minimum Gasteiger partial charge on any atom is -0.467 e. The molecular formula is C33H44N2O5. The van der Waals surface area contributed by atoms with Crippen molar-refractivity contribution in [1.82, 2.24) is 10.3 Å². The van der Waals surface area contributed by atoms with Gasteiger partial charge in [0.1, 0.15) is 6.10 Å². The second-order valence-corrected chi connectivity index (χ2v) is 8.86. The van der Waals surface area contributed by atoms with Gasteiger partial charge in [0.05, 0.1) is 12.7 Å². The van der Waals surface area contributed by atoms with Crippen LogP contribution in [-0.2, 0) is 19.1 Å². The Labute approximate surface area is 239 Å². The number of ether oxygens (including phenoxy) is 2. The first-order valence-corrected chi connectivity index (χ1v) is 13.9. The number of amides is 1. The van der Waals surface area contributed by atoms with Crippen LogP contribution in [0, 0.1) is 0 Å². The van der Waals surface area contributed by atoms with Gasteiger partial charge < -0.3 is 14.8 Å². The first-order chi connectivity index (χ1) is 19.5. The summed E-state index contributed by atoms with van der Waals surface area (Å²) in [6.07, 6.45) is 33.9. The minimum absolute atomic E-state index is 0.164. The van der Waals surface area contributed by atoms with Gasteiger partial charge in [0.15, 0.2) is 6.04 Å². The lowest BCUT2D eigenvalue weighted by molar-refractivity contribution is -0.155. The largest absolute Gasteiger partial charge is 0.467 e. The van der Waals surface area contributed by atoms with Crippen molar-refractivity contribution >= 4 is 17.8 Å². The second-order valence-electron chi connectivity index (χ2n) is 8.86. The molecule has 2 unspecified atom stereocenters. The van der Waals surface area contributed by atoms with Gasteiger partial charge in [-0.2, -0.15) is 0 Å². The maximum Gasteiger partial charge on any atom is 0.332 e. The Hall–Kier alpha value is -4.00. The van der Waals surface area contributed by atoms with Gasteiger partial charge in [-0.15, -0.1) is 0 Å². The maximum atomic E-state index is 12.4. The van der Waals surface area contributed by atoms with Crippen LogP contribution >= 0.6 is 0 Å². The number of carbonyl (C=O) groups excluding carboxylic acids is 3. The van der Waals surface area contributed by atoms with Gasteiger partial charge in [-0.05, 0) is 64.0 Å². The van der Waals surface area contributed by atoms with Gasteiger partial charge in [-0.3, -0.25) is 14.6 Å². The molecule has 7 heteroatoms. The van der Waals surface area contributed by atoms with Gasteiger partial charge in [0, 0.05) is 18.8 Å². The zero-order valence-electron chi connectivity index (χ0n) is 24.0. The van der Waals surface area contributed by atoms with E-state index in [4.69, 9.17) is 9.47 Å². The van der Waals surface area contributed by atoms with E-state index in [1.54, 1.807) is 19.1 Å². The third-order valence-electron chi connectivity index (χ3n) is 5.56. The quantitative estimate of drug-likeness (QED) is 0.152. The summed E-state index contributed by atoms with van der Waals surface area (Å²) in [7, 11) is 1.21. The molecule has 1 rings (SSSR count). The van der Waals surface area contributed by atoms with E-state index in [1.165, 1.54) is 19.5 Å². The molecule has 7 nitrogen and oxygen atoms in total. The first-order valence-electron chi connectivity index (χ1n) is 13.9. The summed E-state index contributed by atoms with van der Waals surface area (Å²) in [6.45, 7) is 3.68. The molecule has 0 saturated carbocycles. The predicted octanol–water partition coefficient (Wildman–Crippen LogP) is 6.76. The van der Waals surface area contributed by atoms with Crippen LogP contribution < -0.4 is 5.32 Å². The molecule has 1 amide bonds. The molecule has 0 saturated heterocycles. The molecule has 0 aromatic carbocycles. The number of pyridine rings is 1. The summed E-state index contributed by atoms with van der Waals surface area (Å²) in [6, 6.07) is 2.05. The van der Waals surface area contributed by atoms with E-state index in [0.29, 0.717) is 6.42 Å². The third kappa shape index (κ3) is 16.8. The molecule has 0 aliphatic heterocycles. The van der Waals surface area contributed by atoms with Crippen molar-refractivity contribution in [3.63, 3.8) is 0 Å². The Morgan fingerprint density at radius 2 is 1.38 bits per heavy atom. The zero-order valence-corrected chi connectivity index (χ0v) is 24.0. The van der Waals surface area contributed by atoms with E-state index in [0.717, 1.165) is 38.5 Å². The number of rotatable bonds is 19. The smallest absolute Gasteiger partial charge is 0.332 e. The van der Waals surface area contributed by atoms with E-state index < -0.39 is 30.0 Å². The van der Waals surface area contributed by atoms with Crippen LogP contribution in [0.4, 0.5) is 0 Å². The number of methoxy groups -OCH3 is 1. The van der Waals surface area contributed by atoms with Crippen molar-refractivity contribution in [3.05, 3.63) is 103 Å². The fourth-order valence-electron chi connectivity index (χ4n) is 3.39. The van der Waals surface area contributed by atoms with Gasteiger partial charge in [-0.1, -0.05) is 79.8 Å². The van der Waals surface area contributed by atoms with Crippen molar-refractivity contribution in [1.29, 1.82) is 0 Å². The number of hydrogen-bond acceptors (Lipinski definition) is 6. The van der Waals surface area contributed by atoms with Crippen molar-refractivity contribution in [3.8, 4) is 0 Å². The number of hydrogen-bond donors (Lipinski definition) is 1. The molecule has 1 aromatic rings. The fourth-order valence-corrected chi connectivity index (χ4v) is 3.39. The minimum atomic E-state index is -1.13. The van der Waals surface area contributed by atoms with Crippen LogP contribution in [0.2, 0.25) is 0 Å². The van der Waals surface area contributed by atoms with Crippen LogP contribution in [0.15, 0.2) is 97.4 Å². The summed E-state index contributed by atoms with van der Waals surface area (Å²) >= 11 is 0. The van der Waals surface area contributed by atoms with E-state index >= 15 is 0 Å². The molecule has 0 radical (unpaired) electrons. The molecule has 1 aromatic heterocycles. The second kappa shape index (κ2) is 22.9. The summed E-state index contributed by atoms with van der Waals surface area (Å²) < 4.78 is 10.1. The molecule has 216 valence electrons. The highest BCUT2D eigenvalue weighted by Gasteiger charge is 2.30. The lowest BCUT2D eigenvalue weighted by atomic mass is 10.1. The molecule has 2 atom stereocenters. The molecule has 1 heterocycles. The number of carbonyl (C=O) groups is 3. The Bertz CT molecular complexity index is 1040. The normalized spacial score (nSPS) is 13.7. The van der Waals surface area contributed by atoms with E-state index in [2.05, 4.69) is 78.0 Å². The highest BCUT2D eigenvalue weighted by atomic mass is 16.6. The monoisotopic (exact) mass is 548 g/mol. The summed E-state index contributed by atoms with van der Waals surface area (Å²) in [5.74, 6) is -1.67. The first kappa shape index (κ1) is 34.0. The average molecular weight is 549 g/mol. The molecule has 0 bridgehead atoms. The van der Waals surface area contributed by atoms with Crippen LogP contribution in [0.1, 0.15) is 75.6 Å². The highest BCUT2D eigenvalue weighted by Crippen LogP contribution is 2.07. The Morgan fingerprint density at radius 1 is 0.850 bits per heavy atom. The fraction of sp³-hybridized carbons (Fsp3) is 0.394. The summed E-state index contributed by atoms with van der Waals surface area (Å²) in [4.78, 5) is 40.7. The van der Waals surface area contributed by atoms with Gasteiger partial charge in [0.25, 0.3) is 5.91 Å². The Kier molecular flexibility index (Phi) is 19.5. The molecule has 40 heavy (non-hydrogen) atoms. The molecule has 1 N–H and O–H groups in total. The van der Waals surface area contributed by atoms with E-state index in [9.17, 15) is 14.4 Å². The average Bonchev–Trinajstić information content (AvgIpc) is 2.96. The van der Waals surface area contributed by atoms with Crippen molar-refractivity contribution < 1.29 is 23.9 Å². The highest BCUT2D eigenvalue weighted by molar-refractivity contribution is 5.96. The van der Waals surface area contributed by atoms with E-state index in [-0.39, 0.29) is 12.0 Å². The topological polar surface area (TPSA) is 94.6 Å². The van der Waals surface area contributed by atoms with E-state index in [1.807, 2.05) is 12.2 Å². The van der Waals surface area contributed by atoms with Crippen molar-refractivity contribution in [2.75, 3.05) is 7.11 Å². The predicted molar refractivity (Wildman–Crippen MR) is 161 cm³/mol. The van der Waals surface area contributed by atoms with Crippen molar-refractivity contribution in [2.24, 2.45) is 0 Å². The van der Waals surface area contributed by atoms with Gasteiger partial charge in [0.2, 0.25) is 0 Å². The summed E-state index contributed by atoms with van der Waals surface area (Å²) in [5, 5.41) is 2.55. The Morgan fingerprint density at radius 3 is 1.85 bits per heavy atom. The lowest BCUT2D eigenvalue weighted by Gasteiger charge is -2.23.